The van der Waals surface area contributed by atoms with Crippen molar-refractivity contribution in [1.29, 1.82) is 10.5 Å². The number of para-hydroxylation sites is 4. The third-order valence-corrected chi connectivity index (χ3v) is 9.40. The van der Waals surface area contributed by atoms with Crippen LogP contribution in [0.25, 0.3) is 77.2 Å². The van der Waals surface area contributed by atoms with Gasteiger partial charge in [0.25, 0.3) is 0 Å². The number of nitriles is 2. The molecule has 0 fully saturated rings. The molecule has 7 aromatic carbocycles. The average Bonchev–Trinajstić information content (AvgIpc) is 3.67. The first-order valence-corrected chi connectivity index (χ1v) is 15.9. The molecule has 4 heteroatoms. The van der Waals surface area contributed by atoms with Gasteiger partial charge in [-0.25, -0.2) is 0 Å². The van der Waals surface area contributed by atoms with Crippen LogP contribution in [-0.2, 0) is 0 Å². The van der Waals surface area contributed by atoms with Gasteiger partial charge < -0.3 is 9.13 Å². The van der Waals surface area contributed by atoms with E-state index in [0.29, 0.717) is 11.1 Å². The fourth-order valence-corrected chi connectivity index (χ4v) is 7.27. The first kappa shape index (κ1) is 27.4. The Hall–Kier alpha value is -6.88. The second-order valence-corrected chi connectivity index (χ2v) is 12.0. The third kappa shape index (κ3) is 4.14. The van der Waals surface area contributed by atoms with Gasteiger partial charge in [-0.3, -0.25) is 0 Å². The molecule has 0 amide bonds. The number of benzene rings is 7. The van der Waals surface area contributed by atoms with Crippen molar-refractivity contribution < 1.29 is 0 Å². The largest absolute Gasteiger partial charge is 0.309 e. The Balaban J connectivity index is 1.20. The Morgan fingerprint density at radius 3 is 1.69 bits per heavy atom. The lowest BCUT2D eigenvalue weighted by molar-refractivity contribution is 1.18. The molecule has 0 bridgehead atoms. The Morgan fingerprint density at radius 1 is 0.396 bits per heavy atom. The fourth-order valence-electron chi connectivity index (χ4n) is 7.27. The van der Waals surface area contributed by atoms with Crippen molar-refractivity contribution >= 4 is 43.6 Å². The molecule has 2 aromatic heterocycles. The molecule has 0 radical (unpaired) electrons. The van der Waals surface area contributed by atoms with E-state index in [9.17, 15) is 10.5 Å². The van der Waals surface area contributed by atoms with Crippen LogP contribution in [0.5, 0.6) is 0 Å². The van der Waals surface area contributed by atoms with E-state index in [1.165, 1.54) is 10.8 Å². The summed E-state index contributed by atoms with van der Waals surface area (Å²) in [7, 11) is 0. The summed E-state index contributed by atoms with van der Waals surface area (Å²) in [6.07, 6.45) is 0. The van der Waals surface area contributed by atoms with Crippen molar-refractivity contribution in [1.82, 2.24) is 9.13 Å². The van der Waals surface area contributed by atoms with E-state index in [2.05, 4.69) is 130 Å². The van der Waals surface area contributed by atoms with Gasteiger partial charge >= 0.3 is 0 Å². The van der Waals surface area contributed by atoms with E-state index in [4.69, 9.17) is 0 Å². The molecule has 9 rings (SSSR count). The standard InChI is InChI=1S/C44H26N4/c45-27-29-20-22-39-38-15-4-8-19-43(38)48(44(39)24-29)42-18-7-1-12-35(42)34-23-21-31(25-32(34)28-46)30-10-9-11-33(26-30)47-40-16-5-2-13-36(40)37-14-3-6-17-41(37)47/h1-26H. The van der Waals surface area contributed by atoms with Gasteiger partial charge in [-0.05, 0) is 65.7 Å². The Morgan fingerprint density at radius 2 is 1.00 bits per heavy atom. The van der Waals surface area contributed by atoms with Gasteiger partial charge in [0.2, 0.25) is 0 Å². The molecule has 0 atom stereocenters. The zero-order valence-corrected chi connectivity index (χ0v) is 25.8. The molecule has 0 spiro atoms. The maximum atomic E-state index is 10.5. The summed E-state index contributed by atoms with van der Waals surface area (Å²) < 4.78 is 4.53. The van der Waals surface area contributed by atoms with Gasteiger partial charge in [-0.1, -0.05) is 103 Å². The first-order chi connectivity index (χ1) is 23.7. The average molecular weight is 611 g/mol. The number of nitrogens with zero attached hydrogens (tertiary/aromatic N) is 4. The lowest BCUT2D eigenvalue weighted by Gasteiger charge is -2.16. The Labute approximate surface area is 277 Å². The van der Waals surface area contributed by atoms with Crippen LogP contribution < -0.4 is 0 Å². The monoisotopic (exact) mass is 610 g/mol. The highest BCUT2D eigenvalue weighted by Crippen LogP contribution is 2.39. The van der Waals surface area contributed by atoms with E-state index in [1.54, 1.807) is 0 Å². The second-order valence-electron chi connectivity index (χ2n) is 12.0. The fraction of sp³-hybridized carbons (Fsp3) is 0. The highest BCUT2D eigenvalue weighted by atomic mass is 15.0. The van der Waals surface area contributed by atoms with E-state index >= 15 is 0 Å². The quantitative estimate of drug-likeness (QED) is 0.199. The summed E-state index contributed by atoms with van der Waals surface area (Å²) in [6, 6.07) is 58.9. The molecule has 222 valence electrons. The smallest absolute Gasteiger partial charge is 0.0998 e. The minimum absolute atomic E-state index is 0.598. The molecule has 0 saturated heterocycles. The molecule has 4 nitrogen and oxygen atoms in total. The van der Waals surface area contributed by atoms with Crippen molar-refractivity contribution in [3.8, 4) is 45.8 Å². The number of fused-ring (bicyclic) bond motifs is 6. The van der Waals surface area contributed by atoms with Gasteiger partial charge in [0.05, 0.1) is 51.0 Å². The highest BCUT2D eigenvalue weighted by molar-refractivity contribution is 6.11. The van der Waals surface area contributed by atoms with E-state index in [-0.39, 0.29) is 0 Å². The van der Waals surface area contributed by atoms with Crippen LogP contribution in [0, 0.1) is 22.7 Å². The van der Waals surface area contributed by atoms with Crippen LogP contribution in [0.1, 0.15) is 11.1 Å². The van der Waals surface area contributed by atoms with Crippen LogP contribution in [-0.4, -0.2) is 9.13 Å². The van der Waals surface area contributed by atoms with Gasteiger partial charge in [0, 0.05) is 38.4 Å². The molecule has 0 aliphatic rings. The highest BCUT2D eigenvalue weighted by Gasteiger charge is 2.18. The summed E-state index contributed by atoms with van der Waals surface area (Å²) in [5.74, 6) is 0. The zero-order valence-electron chi connectivity index (χ0n) is 25.8. The molecule has 2 heterocycles. The van der Waals surface area contributed by atoms with Gasteiger partial charge in [-0.2, -0.15) is 10.5 Å². The summed E-state index contributed by atoms with van der Waals surface area (Å²) >= 11 is 0. The van der Waals surface area contributed by atoms with E-state index in [1.807, 2.05) is 48.5 Å². The van der Waals surface area contributed by atoms with Crippen molar-refractivity contribution in [2.24, 2.45) is 0 Å². The molecular formula is C44H26N4. The molecular weight excluding hydrogens is 585 g/mol. The van der Waals surface area contributed by atoms with Crippen LogP contribution >= 0.6 is 0 Å². The predicted molar refractivity (Wildman–Crippen MR) is 195 cm³/mol. The molecule has 0 saturated carbocycles. The van der Waals surface area contributed by atoms with Crippen molar-refractivity contribution in [3.63, 3.8) is 0 Å². The Kier molecular flexibility index (Phi) is 6.22. The summed E-state index contributed by atoms with van der Waals surface area (Å²) in [4.78, 5) is 0. The van der Waals surface area contributed by atoms with Gasteiger partial charge in [0.1, 0.15) is 0 Å². The van der Waals surface area contributed by atoms with Crippen LogP contribution in [0.4, 0.5) is 0 Å². The molecule has 9 aromatic rings. The van der Waals surface area contributed by atoms with Gasteiger partial charge in [0.15, 0.2) is 0 Å². The molecule has 0 aliphatic heterocycles. The van der Waals surface area contributed by atoms with E-state index < -0.39 is 0 Å². The number of hydrogen-bond donors (Lipinski definition) is 0. The lowest BCUT2D eigenvalue weighted by Crippen LogP contribution is -1.98. The SMILES string of the molecule is N#Cc1ccc2c3ccccc3n(-c3ccccc3-c3ccc(-c4cccc(-n5c6ccccc6c6ccccc65)c4)cc3C#N)c2c1. The maximum Gasteiger partial charge on any atom is 0.0998 e. The summed E-state index contributed by atoms with van der Waals surface area (Å²) in [6.45, 7) is 0. The lowest BCUT2D eigenvalue weighted by atomic mass is 9.94. The van der Waals surface area contributed by atoms with Crippen LogP contribution in [0.15, 0.2) is 158 Å². The Bertz CT molecular complexity index is 2760. The number of aromatic nitrogens is 2. The normalized spacial score (nSPS) is 11.3. The van der Waals surface area contributed by atoms with Crippen LogP contribution in [0.3, 0.4) is 0 Å². The maximum absolute atomic E-state index is 10.5. The molecule has 0 N–H and O–H groups in total. The summed E-state index contributed by atoms with van der Waals surface area (Å²) in [5, 5.41) is 24.9. The van der Waals surface area contributed by atoms with Crippen molar-refractivity contribution in [2.45, 2.75) is 0 Å². The van der Waals surface area contributed by atoms with E-state index in [0.717, 1.165) is 66.5 Å². The topological polar surface area (TPSA) is 57.4 Å². The number of hydrogen-bond acceptors (Lipinski definition) is 2. The molecule has 0 aliphatic carbocycles. The van der Waals surface area contributed by atoms with Crippen molar-refractivity contribution in [2.75, 3.05) is 0 Å². The van der Waals surface area contributed by atoms with Crippen LogP contribution in [0.2, 0.25) is 0 Å². The summed E-state index contributed by atoms with van der Waals surface area (Å²) in [5.41, 5.74) is 11.4. The second kappa shape index (κ2) is 10.9. The minimum Gasteiger partial charge on any atom is -0.309 e. The van der Waals surface area contributed by atoms with Gasteiger partial charge in [-0.15, -0.1) is 0 Å². The minimum atomic E-state index is 0.598. The third-order valence-electron chi connectivity index (χ3n) is 9.40. The molecule has 48 heavy (non-hydrogen) atoms. The number of rotatable bonds is 4. The van der Waals surface area contributed by atoms with Crippen molar-refractivity contribution in [3.05, 3.63) is 169 Å². The zero-order chi connectivity index (χ0) is 32.2. The predicted octanol–water partition coefficient (Wildman–Crippen LogP) is 11.0. The molecule has 0 unspecified atom stereocenters. The first-order valence-electron chi connectivity index (χ1n) is 15.9.